The summed E-state index contributed by atoms with van der Waals surface area (Å²) in [5.74, 6) is -1.21. The molecule has 0 aliphatic rings. The molecule has 0 aliphatic carbocycles. The van der Waals surface area contributed by atoms with Crippen molar-refractivity contribution in [2.24, 2.45) is 0 Å². The second-order valence-electron chi connectivity index (χ2n) is 8.96. The van der Waals surface area contributed by atoms with Crippen LogP contribution in [0.1, 0.15) is 32.3 Å². The molecule has 0 bridgehead atoms. The molecular formula is C29H34FN3O5S. The predicted molar refractivity (Wildman–Crippen MR) is 148 cm³/mol. The van der Waals surface area contributed by atoms with Gasteiger partial charge in [0.2, 0.25) is 11.8 Å². The molecule has 3 rings (SSSR count). The zero-order valence-corrected chi connectivity index (χ0v) is 23.2. The summed E-state index contributed by atoms with van der Waals surface area (Å²) in [6.45, 7) is 3.13. The molecule has 3 aromatic carbocycles. The molecule has 0 aromatic heterocycles. The summed E-state index contributed by atoms with van der Waals surface area (Å²) >= 11 is 0. The first-order valence-corrected chi connectivity index (χ1v) is 14.2. The molecule has 1 atom stereocenters. The van der Waals surface area contributed by atoms with Crippen molar-refractivity contribution in [1.82, 2.24) is 10.2 Å². The minimum atomic E-state index is -4.20. The molecule has 8 nitrogen and oxygen atoms in total. The van der Waals surface area contributed by atoms with Crippen LogP contribution in [0.5, 0.6) is 5.75 Å². The molecule has 0 heterocycles. The molecule has 10 heteroatoms. The summed E-state index contributed by atoms with van der Waals surface area (Å²) < 4.78 is 48.3. The SMILES string of the molecule is CCCCNC(=O)C(C)N(Cc1ccccc1F)C(=O)CN(c1cccc(OC)c1)S(=O)(=O)c1ccccc1. The van der Waals surface area contributed by atoms with Crippen LogP contribution in [-0.4, -0.2) is 51.4 Å². The second kappa shape index (κ2) is 13.7. The van der Waals surface area contributed by atoms with Crippen LogP contribution in [0.3, 0.4) is 0 Å². The number of benzene rings is 3. The lowest BCUT2D eigenvalue weighted by Crippen LogP contribution is -2.51. The quantitative estimate of drug-likeness (QED) is 0.316. The first-order valence-electron chi connectivity index (χ1n) is 12.7. The highest BCUT2D eigenvalue weighted by molar-refractivity contribution is 7.92. The van der Waals surface area contributed by atoms with Gasteiger partial charge in [-0.25, -0.2) is 12.8 Å². The van der Waals surface area contributed by atoms with Crippen molar-refractivity contribution in [1.29, 1.82) is 0 Å². The van der Waals surface area contributed by atoms with Gasteiger partial charge in [-0.15, -0.1) is 0 Å². The predicted octanol–water partition coefficient (Wildman–Crippen LogP) is 4.36. The number of rotatable bonds is 13. The first-order chi connectivity index (χ1) is 18.7. The molecule has 3 aromatic rings. The summed E-state index contributed by atoms with van der Waals surface area (Å²) in [4.78, 5) is 28.0. The van der Waals surface area contributed by atoms with Crippen molar-refractivity contribution in [2.75, 3.05) is 24.5 Å². The van der Waals surface area contributed by atoms with Gasteiger partial charge in [0.15, 0.2) is 0 Å². The number of methoxy groups -OCH3 is 1. The van der Waals surface area contributed by atoms with Crippen LogP contribution in [-0.2, 0) is 26.2 Å². The molecule has 1 N–H and O–H groups in total. The molecule has 208 valence electrons. The maximum atomic E-state index is 14.6. The number of hydrogen-bond donors (Lipinski definition) is 1. The van der Waals surface area contributed by atoms with E-state index in [1.54, 1.807) is 49.4 Å². The molecule has 0 aliphatic heterocycles. The first kappa shape index (κ1) is 29.6. The Balaban J connectivity index is 2.02. The highest BCUT2D eigenvalue weighted by atomic mass is 32.2. The van der Waals surface area contributed by atoms with Crippen LogP contribution >= 0.6 is 0 Å². The molecule has 0 fully saturated rings. The fourth-order valence-electron chi connectivity index (χ4n) is 3.94. The average molecular weight is 556 g/mol. The fraction of sp³-hybridized carbons (Fsp3) is 0.310. The highest BCUT2D eigenvalue weighted by Gasteiger charge is 2.33. The van der Waals surface area contributed by atoms with Crippen molar-refractivity contribution in [3.05, 3.63) is 90.2 Å². The van der Waals surface area contributed by atoms with Gasteiger partial charge in [-0.3, -0.25) is 13.9 Å². The molecule has 0 spiro atoms. The third-order valence-electron chi connectivity index (χ3n) is 6.25. The van der Waals surface area contributed by atoms with E-state index >= 15 is 0 Å². The lowest BCUT2D eigenvalue weighted by atomic mass is 10.1. The van der Waals surface area contributed by atoms with Crippen LogP contribution in [0.15, 0.2) is 83.8 Å². The second-order valence-corrected chi connectivity index (χ2v) is 10.8. The number of sulfonamides is 1. The third-order valence-corrected chi connectivity index (χ3v) is 8.03. The van der Waals surface area contributed by atoms with Gasteiger partial charge >= 0.3 is 0 Å². The monoisotopic (exact) mass is 555 g/mol. The number of hydrogen-bond acceptors (Lipinski definition) is 5. The van der Waals surface area contributed by atoms with E-state index in [4.69, 9.17) is 4.74 Å². The van der Waals surface area contributed by atoms with E-state index < -0.39 is 40.2 Å². The van der Waals surface area contributed by atoms with E-state index in [1.807, 2.05) is 6.92 Å². The summed E-state index contributed by atoms with van der Waals surface area (Å²) in [5.41, 5.74) is 0.412. The van der Waals surface area contributed by atoms with Gasteiger partial charge in [0.25, 0.3) is 10.0 Å². The topological polar surface area (TPSA) is 96.0 Å². The smallest absolute Gasteiger partial charge is 0.264 e. The van der Waals surface area contributed by atoms with Gasteiger partial charge in [0, 0.05) is 24.7 Å². The Bertz CT molecular complexity index is 1370. The van der Waals surface area contributed by atoms with Gasteiger partial charge in [-0.05, 0) is 43.7 Å². The van der Waals surface area contributed by atoms with Crippen molar-refractivity contribution in [3.8, 4) is 5.75 Å². The number of carbonyl (C=O) groups excluding carboxylic acids is 2. The van der Waals surface area contributed by atoms with Crippen LogP contribution in [0, 0.1) is 5.82 Å². The van der Waals surface area contributed by atoms with Gasteiger partial charge in [0.05, 0.1) is 17.7 Å². The number of amides is 2. The lowest BCUT2D eigenvalue weighted by molar-refractivity contribution is -0.139. The molecule has 0 radical (unpaired) electrons. The van der Waals surface area contributed by atoms with E-state index in [1.165, 1.54) is 48.4 Å². The summed E-state index contributed by atoms with van der Waals surface area (Å²) in [6.07, 6.45) is 1.64. The fourth-order valence-corrected chi connectivity index (χ4v) is 5.37. The maximum absolute atomic E-state index is 14.6. The summed E-state index contributed by atoms with van der Waals surface area (Å²) in [6, 6.07) is 19.1. The number of carbonyl (C=O) groups is 2. The Morgan fingerprint density at radius 1 is 1.00 bits per heavy atom. The minimum Gasteiger partial charge on any atom is -0.497 e. The van der Waals surface area contributed by atoms with Crippen molar-refractivity contribution in [2.45, 2.75) is 44.2 Å². The van der Waals surface area contributed by atoms with Crippen molar-refractivity contribution >= 4 is 27.5 Å². The summed E-state index contributed by atoms with van der Waals surface area (Å²) in [7, 11) is -2.74. The Morgan fingerprint density at radius 3 is 2.36 bits per heavy atom. The van der Waals surface area contributed by atoms with Crippen LogP contribution in [0.2, 0.25) is 0 Å². The van der Waals surface area contributed by atoms with Gasteiger partial charge < -0.3 is 15.0 Å². The summed E-state index contributed by atoms with van der Waals surface area (Å²) in [5, 5.41) is 2.80. The lowest BCUT2D eigenvalue weighted by Gasteiger charge is -2.32. The zero-order valence-electron chi connectivity index (χ0n) is 22.3. The van der Waals surface area contributed by atoms with Gasteiger partial charge in [-0.1, -0.05) is 55.8 Å². The van der Waals surface area contributed by atoms with Crippen molar-refractivity contribution in [3.63, 3.8) is 0 Å². The normalized spacial score (nSPS) is 11.9. The van der Waals surface area contributed by atoms with Gasteiger partial charge in [0.1, 0.15) is 24.2 Å². The molecular weight excluding hydrogens is 521 g/mol. The number of anilines is 1. The number of nitrogens with one attached hydrogen (secondary N) is 1. The van der Waals surface area contributed by atoms with Crippen molar-refractivity contribution < 1.29 is 27.1 Å². The molecule has 39 heavy (non-hydrogen) atoms. The number of ether oxygens (including phenoxy) is 1. The number of nitrogens with zero attached hydrogens (tertiary/aromatic N) is 2. The van der Waals surface area contributed by atoms with E-state index in [0.717, 1.165) is 17.1 Å². The highest BCUT2D eigenvalue weighted by Crippen LogP contribution is 2.27. The van der Waals surface area contributed by atoms with Crippen LogP contribution in [0.4, 0.5) is 10.1 Å². The number of halogens is 1. The van der Waals surface area contributed by atoms with Crippen LogP contribution < -0.4 is 14.4 Å². The zero-order chi connectivity index (χ0) is 28.4. The standard InChI is InChI=1S/C29H34FN3O5S/c1-4-5-18-31-29(35)22(2)32(20-23-12-9-10-17-27(23)30)28(34)21-33(24-13-11-14-25(19-24)38-3)39(36,37)26-15-7-6-8-16-26/h6-17,19,22H,4-5,18,20-21H2,1-3H3,(H,31,35). The molecule has 0 saturated carbocycles. The third kappa shape index (κ3) is 7.57. The Hall–Kier alpha value is -3.92. The molecule has 1 unspecified atom stereocenters. The Labute approximate surface area is 229 Å². The van der Waals surface area contributed by atoms with E-state index in [-0.39, 0.29) is 22.7 Å². The average Bonchev–Trinajstić information content (AvgIpc) is 2.95. The molecule has 2 amide bonds. The minimum absolute atomic E-state index is 0.00775. The largest absolute Gasteiger partial charge is 0.497 e. The number of unbranched alkanes of at least 4 members (excludes halogenated alkanes) is 1. The van der Waals surface area contributed by atoms with Crippen LogP contribution in [0.25, 0.3) is 0 Å². The Kier molecular flexibility index (Phi) is 10.4. The molecule has 0 saturated heterocycles. The van der Waals surface area contributed by atoms with E-state index in [2.05, 4.69) is 5.32 Å². The Morgan fingerprint density at radius 2 is 1.69 bits per heavy atom. The van der Waals surface area contributed by atoms with E-state index in [9.17, 15) is 22.4 Å². The maximum Gasteiger partial charge on any atom is 0.264 e. The van der Waals surface area contributed by atoms with E-state index in [0.29, 0.717) is 12.3 Å². The van der Waals surface area contributed by atoms with Gasteiger partial charge in [-0.2, -0.15) is 0 Å².